The fourth-order valence-electron chi connectivity index (χ4n) is 2.62. The molecule has 1 saturated heterocycles. The standard InChI is InChI=1S/C15H22ClNO2/c1-17(9-12-4-3-7-19-11-12)10-13-8-14(16)5-6-15(13)18-2/h5-6,8,12H,3-4,7,9-11H2,1-2H3/t12-/m1/s1. The van der Waals surface area contributed by atoms with Crippen LogP contribution in [0.2, 0.25) is 5.02 Å². The molecule has 19 heavy (non-hydrogen) atoms. The second-order valence-electron chi connectivity index (χ2n) is 5.24. The van der Waals surface area contributed by atoms with Crippen LogP contribution in [0.3, 0.4) is 0 Å². The summed E-state index contributed by atoms with van der Waals surface area (Å²) in [6.45, 7) is 3.70. The molecule has 0 aromatic heterocycles. The maximum Gasteiger partial charge on any atom is 0.123 e. The molecule has 1 aliphatic rings. The third-order valence-electron chi connectivity index (χ3n) is 3.51. The van der Waals surface area contributed by atoms with E-state index >= 15 is 0 Å². The van der Waals surface area contributed by atoms with Crippen LogP contribution in [0.15, 0.2) is 18.2 Å². The molecule has 1 atom stereocenters. The molecule has 1 heterocycles. The van der Waals surface area contributed by atoms with E-state index in [0.717, 1.165) is 42.6 Å². The van der Waals surface area contributed by atoms with E-state index < -0.39 is 0 Å². The van der Waals surface area contributed by atoms with Crippen LogP contribution in [0, 0.1) is 5.92 Å². The largest absolute Gasteiger partial charge is 0.496 e. The fourth-order valence-corrected chi connectivity index (χ4v) is 2.81. The van der Waals surface area contributed by atoms with Crippen molar-refractivity contribution in [2.75, 3.05) is 33.9 Å². The smallest absolute Gasteiger partial charge is 0.123 e. The van der Waals surface area contributed by atoms with Gasteiger partial charge in [0.05, 0.1) is 13.7 Å². The van der Waals surface area contributed by atoms with Gasteiger partial charge in [-0.25, -0.2) is 0 Å². The molecule has 0 aliphatic carbocycles. The molecule has 0 spiro atoms. The minimum absolute atomic E-state index is 0.643. The van der Waals surface area contributed by atoms with Crippen molar-refractivity contribution in [3.05, 3.63) is 28.8 Å². The molecule has 106 valence electrons. The predicted octanol–water partition coefficient (Wildman–Crippen LogP) is 3.21. The van der Waals surface area contributed by atoms with E-state index in [0.29, 0.717) is 5.92 Å². The zero-order valence-corrected chi connectivity index (χ0v) is 12.4. The Kier molecular flexibility index (Phi) is 5.49. The third kappa shape index (κ3) is 4.37. The first kappa shape index (κ1) is 14.6. The monoisotopic (exact) mass is 283 g/mol. The Labute approximate surface area is 120 Å². The van der Waals surface area contributed by atoms with Crippen molar-refractivity contribution < 1.29 is 9.47 Å². The Morgan fingerprint density at radius 3 is 3.00 bits per heavy atom. The zero-order chi connectivity index (χ0) is 13.7. The summed E-state index contributed by atoms with van der Waals surface area (Å²) >= 11 is 6.06. The van der Waals surface area contributed by atoms with Crippen LogP contribution in [-0.2, 0) is 11.3 Å². The maximum absolute atomic E-state index is 6.06. The van der Waals surface area contributed by atoms with Crippen LogP contribution in [-0.4, -0.2) is 38.8 Å². The van der Waals surface area contributed by atoms with E-state index in [9.17, 15) is 0 Å². The van der Waals surface area contributed by atoms with E-state index in [-0.39, 0.29) is 0 Å². The van der Waals surface area contributed by atoms with Crippen molar-refractivity contribution in [2.45, 2.75) is 19.4 Å². The summed E-state index contributed by atoms with van der Waals surface area (Å²) in [5.41, 5.74) is 1.13. The Hall–Kier alpha value is -0.770. The first-order valence-corrected chi connectivity index (χ1v) is 7.15. The first-order valence-electron chi connectivity index (χ1n) is 6.77. The highest BCUT2D eigenvalue weighted by Gasteiger charge is 2.16. The summed E-state index contributed by atoms with van der Waals surface area (Å²) in [6, 6.07) is 5.77. The molecule has 0 unspecified atom stereocenters. The average molecular weight is 284 g/mol. The molecule has 3 nitrogen and oxygen atoms in total. The van der Waals surface area contributed by atoms with E-state index in [1.54, 1.807) is 7.11 Å². The molecule has 1 fully saturated rings. The molecule has 1 aromatic rings. The van der Waals surface area contributed by atoms with Gasteiger partial charge in [-0.2, -0.15) is 0 Å². The van der Waals surface area contributed by atoms with E-state index in [1.165, 1.54) is 12.8 Å². The molecule has 0 amide bonds. The topological polar surface area (TPSA) is 21.7 Å². The summed E-state index contributed by atoms with van der Waals surface area (Å²) in [5.74, 6) is 1.54. The van der Waals surface area contributed by atoms with Gasteiger partial charge < -0.3 is 14.4 Å². The number of rotatable bonds is 5. The third-order valence-corrected chi connectivity index (χ3v) is 3.74. The molecule has 4 heteroatoms. The molecule has 0 bridgehead atoms. The summed E-state index contributed by atoms with van der Waals surface area (Å²) in [6.07, 6.45) is 2.44. The molecule has 0 radical (unpaired) electrons. The minimum atomic E-state index is 0.643. The number of nitrogens with zero attached hydrogens (tertiary/aromatic N) is 1. The van der Waals surface area contributed by atoms with E-state index in [4.69, 9.17) is 21.1 Å². The Morgan fingerprint density at radius 2 is 2.32 bits per heavy atom. The van der Waals surface area contributed by atoms with Gasteiger partial charge in [-0.3, -0.25) is 0 Å². The van der Waals surface area contributed by atoms with Crippen LogP contribution in [0.1, 0.15) is 18.4 Å². The number of halogens is 1. The van der Waals surface area contributed by atoms with Crippen LogP contribution in [0.4, 0.5) is 0 Å². The second kappa shape index (κ2) is 7.13. The normalized spacial score (nSPS) is 19.7. The van der Waals surface area contributed by atoms with Crippen molar-refractivity contribution in [3.8, 4) is 5.75 Å². The van der Waals surface area contributed by atoms with Crippen molar-refractivity contribution in [2.24, 2.45) is 5.92 Å². The molecular formula is C15H22ClNO2. The lowest BCUT2D eigenvalue weighted by atomic mass is 10.0. The van der Waals surface area contributed by atoms with Gasteiger partial charge in [-0.1, -0.05) is 11.6 Å². The van der Waals surface area contributed by atoms with Gasteiger partial charge in [0.1, 0.15) is 5.75 Å². The van der Waals surface area contributed by atoms with Crippen LogP contribution in [0.5, 0.6) is 5.75 Å². The van der Waals surface area contributed by atoms with Gasteiger partial charge in [0.15, 0.2) is 0 Å². The summed E-state index contributed by atoms with van der Waals surface area (Å²) in [7, 11) is 3.83. The predicted molar refractivity (Wildman–Crippen MR) is 77.9 cm³/mol. The number of methoxy groups -OCH3 is 1. The summed E-state index contributed by atoms with van der Waals surface area (Å²) < 4.78 is 10.9. The summed E-state index contributed by atoms with van der Waals surface area (Å²) in [5, 5.41) is 0.755. The zero-order valence-electron chi connectivity index (χ0n) is 11.7. The quantitative estimate of drug-likeness (QED) is 0.828. The molecular weight excluding hydrogens is 262 g/mol. The number of benzene rings is 1. The number of ether oxygens (including phenoxy) is 2. The molecule has 2 rings (SSSR count). The highest BCUT2D eigenvalue weighted by atomic mass is 35.5. The molecule has 1 aromatic carbocycles. The second-order valence-corrected chi connectivity index (χ2v) is 5.67. The molecule has 0 N–H and O–H groups in total. The molecule has 1 aliphatic heterocycles. The SMILES string of the molecule is COc1ccc(Cl)cc1CN(C)C[C@H]1CCCOC1. The number of hydrogen-bond donors (Lipinski definition) is 0. The lowest BCUT2D eigenvalue weighted by molar-refractivity contribution is 0.0411. The minimum Gasteiger partial charge on any atom is -0.496 e. The maximum atomic E-state index is 6.06. The number of hydrogen-bond acceptors (Lipinski definition) is 3. The Balaban J connectivity index is 1.93. The van der Waals surface area contributed by atoms with Gasteiger partial charge >= 0.3 is 0 Å². The van der Waals surface area contributed by atoms with Gasteiger partial charge in [0.2, 0.25) is 0 Å². The lowest BCUT2D eigenvalue weighted by Gasteiger charge is -2.27. The Morgan fingerprint density at radius 1 is 1.47 bits per heavy atom. The van der Waals surface area contributed by atoms with E-state index in [2.05, 4.69) is 11.9 Å². The first-order chi connectivity index (χ1) is 9.19. The van der Waals surface area contributed by atoms with Crippen molar-refractivity contribution in [3.63, 3.8) is 0 Å². The summed E-state index contributed by atoms with van der Waals surface area (Å²) in [4.78, 5) is 2.31. The van der Waals surface area contributed by atoms with Crippen molar-refractivity contribution in [1.29, 1.82) is 0 Å². The van der Waals surface area contributed by atoms with E-state index in [1.807, 2.05) is 18.2 Å². The lowest BCUT2D eigenvalue weighted by Crippen LogP contribution is -2.30. The highest BCUT2D eigenvalue weighted by Crippen LogP contribution is 2.24. The van der Waals surface area contributed by atoms with Crippen LogP contribution < -0.4 is 4.74 Å². The van der Waals surface area contributed by atoms with Crippen LogP contribution in [0.25, 0.3) is 0 Å². The van der Waals surface area contributed by atoms with Gasteiger partial charge in [0.25, 0.3) is 0 Å². The molecule has 0 saturated carbocycles. The highest BCUT2D eigenvalue weighted by molar-refractivity contribution is 6.30. The van der Waals surface area contributed by atoms with Crippen molar-refractivity contribution >= 4 is 11.6 Å². The fraction of sp³-hybridized carbons (Fsp3) is 0.600. The van der Waals surface area contributed by atoms with Crippen molar-refractivity contribution in [1.82, 2.24) is 4.90 Å². The van der Waals surface area contributed by atoms with Crippen LogP contribution >= 0.6 is 11.6 Å². The average Bonchev–Trinajstić information content (AvgIpc) is 2.40. The van der Waals surface area contributed by atoms with Gasteiger partial charge in [-0.15, -0.1) is 0 Å². The van der Waals surface area contributed by atoms with Gasteiger partial charge in [0, 0.05) is 30.3 Å². The van der Waals surface area contributed by atoms with Gasteiger partial charge in [-0.05, 0) is 44.0 Å². The Bertz CT molecular complexity index is 405.